The number of rotatable bonds is 4. The van der Waals surface area contributed by atoms with Gasteiger partial charge in [-0.1, -0.05) is 12.1 Å². The fourth-order valence-corrected chi connectivity index (χ4v) is 2.62. The number of Topliss-reactive ketones (excluding diaryl/α,β-unsaturated/α-hetero) is 1. The molecule has 4 nitrogen and oxygen atoms in total. The van der Waals surface area contributed by atoms with Crippen molar-refractivity contribution >= 4 is 39.3 Å². The molecule has 0 unspecified atom stereocenters. The number of fused-ring (bicyclic) bond motifs is 1. The fourth-order valence-electron chi connectivity index (χ4n) is 2.26. The summed E-state index contributed by atoms with van der Waals surface area (Å²) in [7, 11) is 0. The second-order valence-electron chi connectivity index (χ2n) is 5.13. The van der Waals surface area contributed by atoms with Crippen molar-refractivity contribution in [3.8, 4) is 5.75 Å². The summed E-state index contributed by atoms with van der Waals surface area (Å²) in [6.45, 7) is 1.78. The molecule has 0 spiro atoms. The lowest BCUT2D eigenvalue weighted by Gasteiger charge is -2.07. The number of ether oxygens (including phenoxy) is 1. The maximum absolute atomic E-state index is 12.1. The Hall–Kier alpha value is -2.15. The molecule has 1 aromatic heterocycles. The van der Waals surface area contributed by atoms with Crippen molar-refractivity contribution in [1.29, 1.82) is 0 Å². The molecule has 0 saturated heterocycles. The van der Waals surface area contributed by atoms with Crippen LogP contribution in [0.1, 0.15) is 15.9 Å². The van der Waals surface area contributed by atoms with Crippen molar-refractivity contribution in [3.63, 3.8) is 0 Å². The van der Waals surface area contributed by atoms with Gasteiger partial charge in [-0.2, -0.15) is 0 Å². The van der Waals surface area contributed by atoms with Crippen LogP contribution in [0.5, 0.6) is 5.75 Å². The maximum Gasteiger partial charge on any atom is 0.336 e. The van der Waals surface area contributed by atoms with Crippen LogP contribution in [0.4, 0.5) is 0 Å². The third-order valence-corrected chi connectivity index (χ3v) is 4.18. The number of hydrogen-bond donors (Lipinski definition) is 0. The van der Waals surface area contributed by atoms with Crippen molar-refractivity contribution in [2.45, 2.75) is 6.92 Å². The zero-order valence-electron chi connectivity index (χ0n) is 12.3. The Morgan fingerprint density at radius 1 is 1.13 bits per heavy atom. The smallest absolute Gasteiger partial charge is 0.336 e. The van der Waals surface area contributed by atoms with Crippen LogP contribution in [0.15, 0.2) is 57.7 Å². The van der Waals surface area contributed by atoms with Crippen molar-refractivity contribution in [2.75, 3.05) is 6.61 Å². The third-order valence-electron chi connectivity index (χ3n) is 3.46. The molecule has 116 valence electrons. The molecule has 5 heteroatoms. The molecule has 0 aliphatic carbocycles. The van der Waals surface area contributed by atoms with E-state index >= 15 is 0 Å². The minimum absolute atomic E-state index is 0.0673. The predicted octanol–water partition coefficient (Wildman–Crippen LogP) is 3.97. The average Bonchev–Trinajstić information content (AvgIpc) is 2.52. The molecule has 0 saturated carbocycles. The highest BCUT2D eigenvalue weighted by Crippen LogP contribution is 2.22. The quantitative estimate of drug-likeness (QED) is 0.364. The van der Waals surface area contributed by atoms with Gasteiger partial charge in [0, 0.05) is 26.7 Å². The lowest BCUT2D eigenvalue weighted by molar-refractivity contribution is 0.0921. The number of halogens is 1. The number of carbonyl (C=O) groups is 1. The molecule has 0 atom stereocenters. The standard InChI is InChI=1S/C18H13IO4/c1-11-8-18(21)23-17-9-14(6-7-15(11)17)22-10-16(20)12-2-4-13(19)5-3-12/h2-9H,10H2,1H3. The molecule has 0 amide bonds. The van der Waals surface area contributed by atoms with Gasteiger partial charge in [-0.3, -0.25) is 4.79 Å². The summed E-state index contributed by atoms with van der Waals surface area (Å²) in [6.07, 6.45) is 0. The van der Waals surface area contributed by atoms with Gasteiger partial charge in [-0.25, -0.2) is 4.79 Å². The number of ketones is 1. The highest BCUT2D eigenvalue weighted by molar-refractivity contribution is 14.1. The Labute approximate surface area is 146 Å². The monoisotopic (exact) mass is 420 g/mol. The third kappa shape index (κ3) is 3.61. The van der Waals surface area contributed by atoms with E-state index in [1.165, 1.54) is 6.07 Å². The van der Waals surface area contributed by atoms with Crippen LogP contribution in [0.25, 0.3) is 11.0 Å². The van der Waals surface area contributed by atoms with E-state index in [2.05, 4.69) is 22.6 Å². The van der Waals surface area contributed by atoms with E-state index in [1.54, 1.807) is 24.3 Å². The Balaban J connectivity index is 1.78. The summed E-state index contributed by atoms with van der Waals surface area (Å²) in [5.74, 6) is 0.386. The van der Waals surface area contributed by atoms with E-state index in [1.807, 2.05) is 25.1 Å². The summed E-state index contributed by atoms with van der Waals surface area (Å²) < 4.78 is 11.8. The van der Waals surface area contributed by atoms with Crippen LogP contribution in [-0.2, 0) is 0 Å². The molecular formula is C18H13IO4. The molecule has 0 aliphatic rings. The van der Waals surface area contributed by atoms with Gasteiger partial charge in [0.1, 0.15) is 11.3 Å². The Morgan fingerprint density at radius 2 is 1.87 bits per heavy atom. The van der Waals surface area contributed by atoms with Gasteiger partial charge in [0.05, 0.1) is 0 Å². The van der Waals surface area contributed by atoms with Gasteiger partial charge in [-0.05, 0) is 59.3 Å². The summed E-state index contributed by atoms with van der Waals surface area (Å²) in [5.41, 5.74) is 1.50. The minimum atomic E-state index is -0.401. The molecule has 3 aromatic rings. The van der Waals surface area contributed by atoms with E-state index in [0.29, 0.717) is 16.9 Å². The molecule has 23 heavy (non-hydrogen) atoms. The van der Waals surface area contributed by atoms with Crippen molar-refractivity contribution < 1.29 is 13.9 Å². The zero-order chi connectivity index (χ0) is 16.4. The van der Waals surface area contributed by atoms with Crippen molar-refractivity contribution in [3.05, 3.63) is 73.6 Å². The first kappa shape index (κ1) is 15.7. The van der Waals surface area contributed by atoms with Crippen molar-refractivity contribution in [1.82, 2.24) is 0 Å². The Bertz CT molecular complexity index is 926. The van der Waals surface area contributed by atoms with Gasteiger partial charge in [0.15, 0.2) is 12.4 Å². The largest absolute Gasteiger partial charge is 0.485 e. The summed E-state index contributed by atoms with van der Waals surface area (Å²) in [6, 6.07) is 14.0. The van der Waals surface area contributed by atoms with E-state index in [-0.39, 0.29) is 12.4 Å². The van der Waals surface area contributed by atoms with E-state index in [4.69, 9.17) is 9.15 Å². The Kier molecular flexibility index (Phi) is 4.47. The molecule has 0 N–H and O–H groups in total. The maximum atomic E-state index is 12.1. The number of aryl methyl sites for hydroxylation is 1. The van der Waals surface area contributed by atoms with Gasteiger partial charge in [-0.15, -0.1) is 0 Å². The summed E-state index contributed by atoms with van der Waals surface area (Å²) >= 11 is 2.19. The fraction of sp³-hybridized carbons (Fsp3) is 0.111. The van der Waals surface area contributed by atoms with E-state index < -0.39 is 5.63 Å². The van der Waals surface area contributed by atoms with E-state index in [9.17, 15) is 9.59 Å². The molecule has 0 radical (unpaired) electrons. The molecule has 0 fully saturated rings. The van der Waals surface area contributed by atoms with Gasteiger partial charge >= 0.3 is 5.63 Å². The normalized spacial score (nSPS) is 10.7. The van der Waals surface area contributed by atoms with Crippen LogP contribution in [0.2, 0.25) is 0 Å². The highest BCUT2D eigenvalue weighted by Gasteiger charge is 2.08. The first-order valence-corrected chi connectivity index (χ1v) is 8.07. The van der Waals surface area contributed by atoms with Crippen LogP contribution in [-0.4, -0.2) is 12.4 Å². The first-order valence-electron chi connectivity index (χ1n) is 6.99. The topological polar surface area (TPSA) is 56.5 Å². The second-order valence-corrected chi connectivity index (χ2v) is 6.37. The molecule has 3 rings (SSSR count). The molecule has 2 aromatic carbocycles. The second kappa shape index (κ2) is 6.54. The molecule has 0 aliphatic heterocycles. The van der Waals surface area contributed by atoms with Crippen LogP contribution >= 0.6 is 22.6 Å². The van der Waals surface area contributed by atoms with Gasteiger partial charge < -0.3 is 9.15 Å². The Morgan fingerprint density at radius 3 is 2.61 bits per heavy atom. The first-order chi connectivity index (χ1) is 11.0. The number of hydrogen-bond acceptors (Lipinski definition) is 4. The molecule has 0 bridgehead atoms. The summed E-state index contributed by atoms with van der Waals surface area (Å²) in [4.78, 5) is 23.5. The molecular weight excluding hydrogens is 407 g/mol. The lowest BCUT2D eigenvalue weighted by Crippen LogP contribution is -2.11. The lowest BCUT2D eigenvalue weighted by atomic mass is 10.1. The predicted molar refractivity (Wildman–Crippen MR) is 96.2 cm³/mol. The van der Waals surface area contributed by atoms with Crippen LogP contribution < -0.4 is 10.4 Å². The zero-order valence-corrected chi connectivity index (χ0v) is 14.5. The van der Waals surface area contributed by atoms with Gasteiger partial charge in [0.25, 0.3) is 0 Å². The number of carbonyl (C=O) groups excluding carboxylic acids is 1. The van der Waals surface area contributed by atoms with Crippen LogP contribution in [0.3, 0.4) is 0 Å². The SMILES string of the molecule is Cc1cc(=O)oc2cc(OCC(=O)c3ccc(I)cc3)ccc12. The summed E-state index contributed by atoms with van der Waals surface area (Å²) in [5, 5.41) is 0.848. The van der Waals surface area contributed by atoms with Crippen LogP contribution in [0, 0.1) is 10.5 Å². The minimum Gasteiger partial charge on any atom is -0.485 e. The highest BCUT2D eigenvalue weighted by atomic mass is 127. The van der Waals surface area contributed by atoms with Gasteiger partial charge in [0.2, 0.25) is 0 Å². The van der Waals surface area contributed by atoms with Crippen molar-refractivity contribution in [2.24, 2.45) is 0 Å². The number of benzene rings is 2. The average molecular weight is 420 g/mol. The van der Waals surface area contributed by atoms with E-state index in [0.717, 1.165) is 14.5 Å². The molecule has 1 heterocycles.